The highest BCUT2D eigenvalue weighted by molar-refractivity contribution is 5.04. The topological polar surface area (TPSA) is 28.4 Å². The molecule has 1 heterocycles. The number of rotatable bonds is 5. The number of hydrogen-bond acceptors (Lipinski definition) is 3. The fraction of sp³-hybridized carbons (Fsp3) is 0.714. The molecule has 3 heteroatoms. The van der Waals surface area contributed by atoms with Crippen molar-refractivity contribution in [1.29, 1.82) is 0 Å². The van der Waals surface area contributed by atoms with E-state index in [1.165, 1.54) is 37.8 Å². The monoisotopic (exact) mass is 236 g/mol. The summed E-state index contributed by atoms with van der Waals surface area (Å²) in [5.74, 6) is 0.797. The van der Waals surface area contributed by atoms with E-state index in [2.05, 4.69) is 24.3 Å². The second-order valence-corrected chi connectivity index (χ2v) is 5.27. The van der Waals surface area contributed by atoms with Gasteiger partial charge in [-0.15, -0.1) is 0 Å². The summed E-state index contributed by atoms with van der Waals surface area (Å²) >= 11 is 0. The summed E-state index contributed by atoms with van der Waals surface area (Å²) in [4.78, 5) is 2.41. The van der Waals surface area contributed by atoms with Gasteiger partial charge >= 0.3 is 0 Å². The number of furan rings is 1. The van der Waals surface area contributed by atoms with Crippen LogP contribution < -0.4 is 5.32 Å². The van der Waals surface area contributed by atoms with Gasteiger partial charge in [0, 0.05) is 24.7 Å². The number of hydrogen-bond donors (Lipinski definition) is 1. The molecule has 0 aromatic carbocycles. The maximum Gasteiger partial charge on any atom is 0.0947 e. The van der Waals surface area contributed by atoms with Gasteiger partial charge in [-0.3, -0.25) is 0 Å². The van der Waals surface area contributed by atoms with Crippen LogP contribution in [-0.2, 0) is 6.54 Å². The van der Waals surface area contributed by atoms with E-state index in [4.69, 9.17) is 4.42 Å². The van der Waals surface area contributed by atoms with Crippen LogP contribution >= 0.6 is 0 Å². The van der Waals surface area contributed by atoms with Gasteiger partial charge in [0.2, 0.25) is 0 Å². The lowest BCUT2D eigenvalue weighted by Crippen LogP contribution is -2.41. The van der Waals surface area contributed by atoms with Gasteiger partial charge in [-0.05, 0) is 38.9 Å². The fourth-order valence-electron chi connectivity index (χ4n) is 2.97. The zero-order chi connectivity index (χ0) is 12.1. The van der Waals surface area contributed by atoms with Crippen LogP contribution in [0.5, 0.6) is 0 Å². The first kappa shape index (κ1) is 12.7. The Balaban J connectivity index is 1.82. The van der Waals surface area contributed by atoms with Crippen LogP contribution in [0, 0.1) is 5.92 Å². The van der Waals surface area contributed by atoms with Crippen LogP contribution in [0.1, 0.15) is 31.2 Å². The minimum Gasteiger partial charge on any atom is -0.472 e. The normalized spacial score (nSPS) is 25.4. The molecule has 1 fully saturated rings. The van der Waals surface area contributed by atoms with Gasteiger partial charge in [-0.2, -0.15) is 0 Å². The number of nitrogens with one attached hydrogen (secondary N) is 1. The van der Waals surface area contributed by atoms with Crippen molar-refractivity contribution in [3.8, 4) is 0 Å². The quantitative estimate of drug-likeness (QED) is 0.851. The molecule has 2 rings (SSSR count). The molecule has 96 valence electrons. The van der Waals surface area contributed by atoms with Crippen molar-refractivity contribution in [2.75, 3.05) is 20.6 Å². The van der Waals surface area contributed by atoms with Gasteiger partial charge in [0.1, 0.15) is 0 Å². The maximum absolute atomic E-state index is 5.11. The van der Waals surface area contributed by atoms with E-state index in [1.807, 2.05) is 12.3 Å². The first-order chi connectivity index (χ1) is 8.29. The lowest BCUT2D eigenvalue weighted by atomic mass is 9.84. The van der Waals surface area contributed by atoms with Crippen molar-refractivity contribution in [3.05, 3.63) is 24.2 Å². The molecule has 0 spiro atoms. The van der Waals surface area contributed by atoms with Gasteiger partial charge in [0.05, 0.1) is 12.5 Å². The SMILES string of the molecule is CNC1CCCCC1CN(C)Cc1ccoc1. The molecule has 3 nitrogen and oxygen atoms in total. The Labute approximate surface area is 104 Å². The first-order valence-corrected chi connectivity index (χ1v) is 6.66. The van der Waals surface area contributed by atoms with Gasteiger partial charge < -0.3 is 14.6 Å². The van der Waals surface area contributed by atoms with E-state index < -0.39 is 0 Å². The summed E-state index contributed by atoms with van der Waals surface area (Å²) < 4.78 is 5.11. The van der Waals surface area contributed by atoms with Crippen LogP contribution in [0.4, 0.5) is 0 Å². The Morgan fingerprint density at radius 2 is 2.24 bits per heavy atom. The Morgan fingerprint density at radius 1 is 1.41 bits per heavy atom. The molecule has 17 heavy (non-hydrogen) atoms. The molecule has 0 bridgehead atoms. The predicted octanol–water partition coefficient (Wildman–Crippen LogP) is 2.49. The van der Waals surface area contributed by atoms with Gasteiger partial charge in [-0.1, -0.05) is 12.8 Å². The van der Waals surface area contributed by atoms with E-state index in [-0.39, 0.29) is 0 Å². The average Bonchev–Trinajstić information content (AvgIpc) is 2.82. The molecule has 2 atom stereocenters. The molecule has 0 aliphatic heterocycles. The molecule has 1 aliphatic carbocycles. The third-order valence-electron chi connectivity index (χ3n) is 3.86. The minimum absolute atomic E-state index is 0.704. The zero-order valence-corrected chi connectivity index (χ0v) is 11.0. The van der Waals surface area contributed by atoms with Gasteiger partial charge in [0.15, 0.2) is 0 Å². The first-order valence-electron chi connectivity index (χ1n) is 6.66. The third kappa shape index (κ3) is 3.58. The largest absolute Gasteiger partial charge is 0.472 e. The molecule has 1 aromatic rings. The van der Waals surface area contributed by atoms with E-state index in [0.29, 0.717) is 6.04 Å². The third-order valence-corrected chi connectivity index (χ3v) is 3.86. The second kappa shape index (κ2) is 6.22. The van der Waals surface area contributed by atoms with Crippen molar-refractivity contribution in [2.45, 2.75) is 38.3 Å². The van der Waals surface area contributed by atoms with Crippen LogP contribution in [0.15, 0.2) is 23.0 Å². The summed E-state index contributed by atoms with van der Waals surface area (Å²) in [5.41, 5.74) is 1.27. The summed E-state index contributed by atoms with van der Waals surface area (Å²) in [6, 6.07) is 2.75. The molecule has 1 aliphatic rings. The van der Waals surface area contributed by atoms with E-state index in [9.17, 15) is 0 Å². The summed E-state index contributed by atoms with van der Waals surface area (Å²) in [5, 5.41) is 3.47. The summed E-state index contributed by atoms with van der Waals surface area (Å²) in [6.07, 6.45) is 9.06. The molecule has 0 radical (unpaired) electrons. The van der Waals surface area contributed by atoms with Crippen LogP contribution in [0.2, 0.25) is 0 Å². The van der Waals surface area contributed by atoms with Crippen molar-refractivity contribution in [3.63, 3.8) is 0 Å². The van der Waals surface area contributed by atoms with Crippen molar-refractivity contribution in [2.24, 2.45) is 5.92 Å². The minimum atomic E-state index is 0.704. The fourth-order valence-corrected chi connectivity index (χ4v) is 2.97. The highest BCUT2D eigenvalue weighted by Gasteiger charge is 2.24. The standard InChI is InChI=1S/C14H24N2O/c1-15-14-6-4-3-5-13(14)10-16(2)9-12-7-8-17-11-12/h7-8,11,13-15H,3-6,9-10H2,1-2H3. The van der Waals surface area contributed by atoms with Crippen molar-refractivity contribution < 1.29 is 4.42 Å². The van der Waals surface area contributed by atoms with E-state index in [0.717, 1.165) is 12.5 Å². The van der Waals surface area contributed by atoms with Crippen LogP contribution in [-0.4, -0.2) is 31.6 Å². The molecule has 0 saturated heterocycles. The van der Waals surface area contributed by atoms with Gasteiger partial charge in [-0.25, -0.2) is 0 Å². The Kier molecular flexibility index (Phi) is 4.63. The van der Waals surface area contributed by atoms with Crippen molar-refractivity contribution in [1.82, 2.24) is 10.2 Å². The lowest BCUT2D eigenvalue weighted by Gasteiger charge is -2.34. The summed E-state index contributed by atoms with van der Waals surface area (Å²) in [7, 11) is 4.30. The van der Waals surface area contributed by atoms with Crippen LogP contribution in [0.25, 0.3) is 0 Å². The predicted molar refractivity (Wildman–Crippen MR) is 69.8 cm³/mol. The van der Waals surface area contributed by atoms with Crippen LogP contribution in [0.3, 0.4) is 0 Å². The molecular formula is C14H24N2O. The lowest BCUT2D eigenvalue weighted by molar-refractivity contribution is 0.190. The maximum atomic E-state index is 5.11. The van der Waals surface area contributed by atoms with Crippen molar-refractivity contribution >= 4 is 0 Å². The summed E-state index contributed by atoms with van der Waals surface area (Å²) in [6.45, 7) is 2.17. The Bertz CT molecular complexity index is 310. The van der Waals surface area contributed by atoms with E-state index in [1.54, 1.807) is 6.26 Å². The van der Waals surface area contributed by atoms with Gasteiger partial charge in [0.25, 0.3) is 0 Å². The highest BCUT2D eigenvalue weighted by Crippen LogP contribution is 2.25. The molecular weight excluding hydrogens is 212 g/mol. The molecule has 1 N–H and O–H groups in total. The average molecular weight is 236 g/mol. The molecule has 2 unspecified atom stereocenters. The second-order valence-electron chi connectivity index (χ2n) is 5.27. The zero-order valence-electron chi connectivity index (χ0n) is 11.0. The Morgan fingerprint density at radius 3 is 2.94 bits per heavy atom. The van der Waals surface area contributed by atoms with E-state index >= 15 is 0 Å². The molecule has 0 amide bonds. The molecule has 1 saturated carbocycles. The Hall–Kier alpha value is -0.800. The number of nitrogens with zero attached hydrogens (tertiary/aromatic N) is 1. The molecule has 1 aromatic heterocycles. The smallest absolute Gasteiger partial charge is 0.0947 e. The highest BCUT2D eigenvalue weighted by atomic mass is 16.3.